The van der Waals surface area contributed by atoms with Crippen molar-refractivity contribution < 1.29 is 4.79 Å². The summed E-state index contributed by atoms with van der Waals surface area (Å²) in [5.74, 6) is 0.159. The topological polar surface area (TPSA) is 49.6 Å². The van der Waals surface area contributed by atoms with E-state index in [4.69, 9.17) is 5.73 Å². The second-order valence-corrected chi connectivity index (χ2v) is 7.17. The molecule has 1 aromatic rings. The van der Waals surface area contributed by atoms with Crippen molar-refractivity contribution in [2.24, 2.45) is 11.1 Å². The van der Waals surface area contributed by atoms with Gasteiger partial charge in [0.25, 0.3) is 0 Å². The SMILES string of the molecule is CN(Cc1ccccc1Br)C(=O)CN1CCC(C)(CN)C1.Cl. The molecule has 0 aliphatic carbocycles. The number of rotatable bonds is 5. The van der Waals surface area contributed by atoms with Gasteiger partial charge in [0.15, 0.2) is 0 Å². The summed E-state index contributed by atoms with van der Waals surface area (Å²) in [5, 5.41) is 0. The Bertz CT molecular complexity index is 514. The average Bonchev–Trinajstić information content (AvgIpc) is 2.83. The maximum Gasteiger partial charge on any atom is 0.236 e. The molecule has 0 radical (unpaired) electrons. The van der Waals surface area contributed by atoms with E-state index in [9.17, 15) is 4.79 Å². The van der Waals surface area contributed by atoms with Gasteiger partial charge in [0.1, 0.15) is 0 Å². The van der Waals surface area contributed by atoms with Crippen molar-refractivity contribution in [3.05, 3.63) is 34.3 Å². The Morgan fingerprint density at radius 3 is 2.73 bits per heavy atom. The first-order valence-corrected chi connectivity index (χ1v) is 8.13. The van der Waals surface area contributed by atoms with Crippen LogP contribution in [0.4, 0.5) is 0 Å². The number of hydrogen-bond donors (Lipinski definition) is 1. The lowest BCUT2D eigenvalue weighted by Crippen LogP contribution is -2.39. The molecule has 2 N–H and O–H groups in total. The first-order valence-electron chi connectivity index (χ1n) is 7.33. The highest BCUT2D eigenvalue weighted by Crippen LogP contribution is 2.28. The molecular formula is C16H25BrClN3O. The molecule has 0 spiro atoms. The fourth-order valence-corrected chi connectivity index (χ4v) is 3.12. The van der Waals surface area contributed by atoms with Gasteiger partial charge in [0, 0.05) is 24.6 Å². The summed E-state index contributed by atoms with van der Waals surface area (Å²) in [6.45, 7) is 5.87. The van der Waals surface area contributed by atoms with Gasteiger partial charge < -0.3 is 10.6 Å². The number of carbonyl (C=O) groups excluding carboxylic acids is 1. The number of likely N-dealkylation sites (tertiary alicyclic amines) is 1. The normalized spacial score (nSPS) is 21.5. The largest absolute Gasteiger partial charge is 0.340 e. The van der Waals surface area contributed by atoms with Crippen molar-refractivity contribution in [2.75, 3.05) is 33.2 Å². The summed E-state index contributed by atoms with van der Waals surface area (Å²) in [6, 6.07) is 8.01. The van der Waals surface area contributed by atoms with E-state index in [1.165, 1.54) is 0 Å². The van der Waals surface area contributed by atoms with Crippen LogP contribution in [0.3, 0.4) is 0 Å². The minimum absolute atomic E-state index is 0. The minimum atomic E-state index is 0. The van der Waals surface area contributed by atoms with E-state index >= 15 is 0 Å². The molecule has 6 heteroatoms. The van der Waals surface area contributed by atoms with Gasteiger partial charge in [0.05, 0.1) is 6.54 Å². The molecule has 1 aliphatic rings. The zero-order valence-electron chi connectivity index (χ0n) is 13.2. The second kappa shape index (κ2) is 8.29. The van der Waals surface area contributed by atoms with Crippen LogP contribution >= 0.6 is 28.3 Å². The summed E-state index contributed by atoms with van der Waals surface area (Å²) in [5.41, 5.74) is 7.11. The average molecular weight is 391 g/mol. The molecule has 1 aliphatic heterocycles. The zero-order valence-corrected chi connectivity index (χ0v) is 15.6. The molecular weight excluding hydrogens is 366 g/mol. The first kappa shape index (κ1) is 19.4. The Hall–Kier alpha value is -0.620. The van der Waals surface area contributed by atoms with Crippen molar-refractivity contribution in [3.8, 4) is 0 Å². The van der Waals surface area contributed by atoms with E-state index in [1.54, 1.807) is 4.90 Å². The minimum Gasteiger partial charge on any atom is -0.340 e. The van der Waals surface area contributed by atoms with Gasteiger partial charge in [-0.15, -0.1) is 12.4 Å². The van der Waals surface area contributed by atoms with E-state index in [1.807, 2.05) is 31.3 Å². The van der Waals surface area contributed by atoms with Crippen molar-refractivity contribution in [1.82, 2.24) is 9.80 Å². The van der Waals surface area contributed by atoms with Crippen LogP contribution in [-0.2, 0) is 11.3 Å². The molecule has 22 heavy (non-hydrogen) atoms. The Morgan fingerprint density at radius 1 is 1.45 bits per heavy atom. The molecule has 1 saturated heterocycles. The van der Waals surface area contributed by atoms with Crippen LogP contribution in [0.5, 0.6) is 0 Å². The van der Waals surface area contributed by atoms with Gasteiger partial charge >= 0.3 is 0 Å². The highest BCUT2D eigenvalue weighted by molar-refractivity contribution is 9.10. The molecule has 1 atom stereocenters. The standard InChI is InChI=1S/C16H24BrN3O.ClH/c1-16(11-18)7-8-20(12-16)10-15(21)19(2)9-13-5-3-4-6-14(13)17;/h3-6H,7-12,18H2,1-2H3;1H. The number of likely N-dealkylation sites (N-methyl/N-ethyl adjacent to an activating group) is 1. The van der Waals surface area contributed by atoms with E-state index in [2.05, 4.69) is 27.8 Å². The van der Waals surface area contributed by atoms with Gasteiger partial charge in [0.2, 0.25) is 5.91 Å². The van der Waals surface area contributed by atoms with Gasteiger partial charge in [-0.2, -0.15) is 0 Å². The van der Waals surface area contributed by atoms with E-state index in [0.717, 1.165) is 29.5 Å². The van der Waals surface area contributed by atoms with Crippen molar-refractivity contribution >= 4 is 34.2 Å². The lowest BCUT2D eigenvalue weighted by molar-refractivity contribution is -0.131. The summed E-state index contributed by atoms with van der Waals surface area (Å²) in [7, 11) is 1.86. The zero-order chi connectivity index (χ0) is 15.5. The van der Waals surface area contributed by atoms with Crippen LogP contribution < -0.4 is 5.73 Å². The maximum absolute atomic E-state index is 12.4. The lowest BCUT2D eigenvalue weighted by Gasteiger charge is -2.24. The molecule has 1 fully saturated rings. The summed E-state index contributed by atoms with van der Waals surface area (Å²) in [4.78, 5) is 16.4. The Labute approximate surface area is 147 Å². The molecule has 0 bridgehead atoms. The number of nitrogens with two attached hydrogens (primary N) is 1. The Kier molecular flexibility index (Phi) is 7.32. The van der Waals surface area contributed by atoms with Crippen LogP contribution in [-0.4, -0.2) is 48.9 Å². The molecule has 0 aromatic heterocycles. The fraction of sp³-hybridized carbons (Fsp3) is 0.562. The van der Waals surface area contributed by atoms with Crippen LogP contribution in [0.15, 0.2) is 28.7 Å². The van der Waals surface area contributed by atoms with Gasteiger partial charge in [-0.25, -0.2) is 0 Å². The first-order chi connectivity index (χ1) is 9.93. The third-order valence-corrected chi connectivity index (χ3v) is 5.05. The molecule has 4 nitrogen and oxygen atoms in total. The molecule has 1 amide bonds. The second-order valence-electron chi connectivity index (χ2n) is 6.32. The highest BCUT2D eigenvalue weighted by Gasteiger charge is 2.33. The monoisotopic (exact) mass is 389 g/mol. The van der Waals surface area contributed by atoms with Gasteiger partial charge in [-0.1, -0.05) is 41.1 Å². The molecule has 1 heterocycles. The van der Waals surface area contributed by atoms with Crippen LogP contribution in [0.2, 0.25) is 0 Å². The smallest absolute Gasteiger partial charge is 0.236 e. The number of hydrogen-bond acceptors (Lipinski definition) is 3. The number of carbonyl (C=O) groups is 1. The van der Waals surface area contributed by atoms with Gasteiger partial charge in [-0.3, -0.25) is 9.69 Å². The highest BCUT2D eigenvalue weighted by atomic mass is 79.9. The third kappa shape index (κ3) is 4.95. The van der Waals surface area contributed by atoms with E-state index < -0.39 is 0 Å². The summed E-state index contributed by atoms with van der Waals surface area (Å²) >= 11 is 3.52. The van der Waals surface area contributed by atoms with Crippen LogP contribution in [0.1, 0.15) is 18.9 Å². The molecule has 124 valence electrons. The molecule has 1 unspecified atom stereocenters. The number of benzene rings is 1. The molecule has 0 saturated carbocycles. The summed E-state index contributed by atoms with van der Waals surface area (Å²) in [6.07, 6.45) is 1.07. The molecule has 1 aromatic carbocycles. The van der Waals surface area contributed by atoms with Crippen LogP contribution in [0, 0.1) is 5.41 Å². The quantitative estimate of drug-likeness (QED) is 0.840. The maximum atomic E-state index is 12.4. The van der Waals surface area contributed by atoms with Crippen LogP contribution in [0.25, 0.3) is 0 Å². The van der Waals surface area contributed by atoms with Crippen molar-refractivity contribution in [3.63, 3.8) is 0 Å². The fourth-order valence-electron chi connectivity index (χ4n) is 2.71. The number of nitrogens with zero attached hydrogens (tertiary/aromatic N) is 2. The number of halogens is 2. The predicted molar refractivity (Wildman–Crippen MR) is 96.1 cm³/mol. The lowest BCUT2D eigenvalue weighted by atomic mass is 9.90. The number of amides is 1. The van der Waals surface area contributed by atoms with E-state index in [-0.39, 0.29) is 23.7 Å². The van der Waals surface area contributed by atoms with E-state index in [0.29, 0.717) is 19.6 Å². The Morgan fingerprint density at radius 2 is 2.14 bits per heavy atom. The Balaban J connectivity index is 0.00000242. The molecule has 2 rings (SSSR count). The predicted octanol–water partition coefficient (Wildman–Crippen LogP) is 2.50. The van der Waals surface area contributed by atoms with Crippen molar-refractivity contribution in [1.29, 1.82) is 0 Å². The summed E-state index contributed by atoms with van der Waals surface area (Å²) < 4.78 is 1.04. The van der Waals surface area contributed by atoms with Crippen molar-refractivity contribution in [2.45, 2.75) is 19.9 Å². The third-order valence-electron chi connectivity index (χ3n) is 4.28. The van der Waals surface area contributed by atoms with Gasteiger partial charge in [-0.05, 0) is 36.6 Å².